The Bertz CT molecular complexity index is 1040. The average molecular weight is 364 g/mol. The predicted molar refractivity (Wildman–Crippen MR) is 101 cm³/mol. The molecule has 138 valence electrons. The minimum atomic E-state index is -0.167. The van der Waals surface area contributed by atoms with E-state index in [1.54, 1.807) is 41.0 Å². The molecule has 1 fully saturated rings. The van der Waals surface area contributed by atoms with Gasteiger partial charge in [-0.1, -0.05) is 6.07 Å². The summed E-state index contributed by atoms with van der Waals surface area (Å²) in [5, 5.41) is 0.448. The molecule has 0 saturated carbocycles. The third-order valence-electron chi connectivity index (χ3n) is 4.75. The van der Waals surface area contributed by atoms with Gasteiger partial charge >= 0.3 is 0 Å². The Morgan fingerprint density at radius 3 is 2.81 bits per heavy atom. The number of carbonyl (C=O) groups excluding carboxylic acids is 1. The molecule has 7 heteroatoms. The van der Waals surface area contributed by atoms with Gasteiger partial charge in [0.1, 0.15) is 0 Å². The Hall–Kier alpha value is -3.06. The van der Waals surface area contributed by atoms with Crippen molar-refractivity contribution in [2.24, 2.45) is 0 Å². The summed E-state index contributed by atoms with van der Waals surface area (Å²) >= 11 is 0. The quantitative estimate of drug-likeness (QED) is 0.706. The number of hydrogen-bond donors (Lipinski definition) is 0. The average Bonchev–Trinajstić information content (AvgIpc) is 2.71. The number of carbonyl (C=O) groups is 1. The van der Waals surface area contributed by atoms with E-state index in [4.69, 9.17) is 4.74 Å². The molecule has 0 atom stereocenters. The number of nitrogens with zero attached hydrogens (tertiary/aromatic N) is 4. The third-order valence-corrected chi connectivity index (χ3v) is 4.75. The van der Waals surface area contributed by atoms with Crippen LogP contribution in [-0.2, 0) is 11.3 Å². The Kier molecular flexibility index (Phi) is 4.68. The van der Waals surface area contributed by atoms with E-state index in [-0.39, 0.29) is 11.5 Å². The molecule has 0 aliphatic carbocycles. The highest BCUT2D eigenvalue weighted by molar-refractivity contribution is 5.98. The van der Waals surface area contributed by atoms with Gasteiger partial charge in [-0.3, -0.25) is 19.6 Å². The molecule has 27 heavy (non-hydrogen) atoms. The van der Waals surface area contributed by atoms with Crippen LogP contribution < -0.4 is 5.56 Å². The van der Waals surface area contributed by atoms with Crippen LogP contribution in [0.4, 0.5) is 0 Å². The molecule has 4 heterocycles. The molecular formula is C20H20N4O3. The van der Waals surface area contributed by atoms with E-state index < -0.39 is 0 Å². The van der Waals surface area contributed by atoms with Crippen molar-refractivity contribution in [3.63, 3.8) is 0 Å². The SMILES string of the molecule is Cc1nc2ccn(Cc3cccnc3)c(=O)c2cc1C(=O)N1CCOCC1. The topological polar surface area (TPSA) is 77.3 Å². The molecule has 0 spiro atoms. The highest BCUT2D eigenvalue weighted by Crippen LogP contribution is 2.16. The number of pyridine rings is 3. The number of ether oxygens (including phenoxy) is 1. The standard InChI is InChI=1S/C20H20N4O3/c1-14-16(19(25)23-7-9-27-10-8-23)11-17-18(22-14)4-6-24(20(17)26)13-15-3-2-5-21-12-15/h2-6,11-12H,7-10,13H2,1H3. The van der Waals surface area contributed by atoms with Gasteiger partial charge in [0.05, 0.1) is 41.9 Å². The van der Waals surface area contributed by atoms with Crippen LogP contribution in [0.25, 0.3) is 10.9 Å². The van der Waals surface area contributed by atoms with Crippen LogP contribution in [0.15, 0.2) is 47.7 Å². The number of morpholine rings is 1. The molecule has 0 radical (unpaired) electrons. The summed E-state index contributed by atoms with van der Waals surface area (Å²) in [6.07, 6.45) is 5.16. The number of aryl methyl sites for hydroxylation is 1. The van der Waals surface area contributed by atoms with Crippen molar-refractivity contribution >= 4 is 16.8 Å². The van der Waals surface area contributed by atoms with E-state index in [0.29, 0.717) is 55.0 Å². The lowest BCUT2D eigenvalue weighted by Crippen LogP contribution is -2.41. The second kappa shape index (κ2) is 7.28. The van der Waals surface area contributed by atoms with E-state index in [0.717, 1.165) is 5.56 Å². The number of aromatic nitrogens is 3. The monoisotopic (exact) mass is 364 g/mol. The summed E-state index contributed by atoms with van der Waals surface area (Å²) in [6, 6.07) is 7.25. The van der Waals surface area contributed by atoms with Gasteiger partial charge in [0.25, 0.3) is 11.5 Å². The second-order valence-corrected chi connectivity index (χ2v) is 6.57. The highest BCUT2D eigenvalue weighted by atomic mass is 16.5. The number of hydrogen-bond acceptors (Lipinski definition) is 5. The first-order valence-corrected chi connectivity index (χ1v) is 8.90. The van der Waals surface area contributed by atoms with Crippen LogP contribution >= 0.6 is 0 Å². The molecule has 0 unspecified atom stereocenters. The molecule has 1 aliphatic rings. The zero-order valence-corrected chi connectivity index (χ0v) is 15.1. The summed E-state index contributed by atoms with van der Waals surface area (Å²) in [5.41, 5.74) is 2.46. The van der Waals surface area contributed by atoms with E-state index in [9.17, 15) is 9.59 Å². The Morgan fingerprint density at radius 1 is 1.26 bits per heavy atom. The summed E-state index contributed by atoms with van der Waals surface area (Å²) in [7, 11) is 0. The summed E-state index contributed by atoms with van der Waals surface area (Å²) in [4.78, 5) is 36.1. The summed E-state index contributed by atoms with van der Waals surface area (Å²) in [5.74, 6) is -0.104. The van der Waals surface area contributed by atoms with Gasteiger partial charge in [0.15, 0.2) is 0 Å². The van der Waals surface area contributed by atoms with Crippen molar-refractivity contribution in [1.82, 2.24) is 19.4 Å². The normalized spacial score (nSPS) is 14.5. The Morgan fingerprint density at radius 2 is 2.07 bits per heavy atom. The van der Waals surface area contributed by atoms with Gasteiger partial charge in [-0.25, -0.2) is 0 Å². The van der Waals surface area contributed by atoms with Gasteiger partial charge in [0.2, 0.25) is 0 Å². The lowest BCUT2D eigenvalue weighted by Gasteiger charge is -2.27. The molecule has 0 N–H and O–H groups in total. The van der Waals surface area contributed by atoms with Crippen LogP contribution in [-0.4, -0.2) is 51.6 Å². The maximum Gasteiger partial charge on any atom is 0.260 e. The first-order chi connectivity index (χ1) is 13.1. The van der Waals surface area contributed by atoms with Crippen LogP contribution in [0, 0.1) is 6.92 Å². The molecular weight excluding hydrogens is 344 g/mol. The van der Waals surface area contributed by atoms with Crippen LogP contribution in [0.1, 0.15) is 21.6 Å². The number of amides is 1. The molecule has 1 saturated heterocycles. The fourth-order valence-corrected chi connectivity index (χ4v) is 3.27. The van der Waals surface area contributed by atoms with Crippen LogP contribution in [0.5, 0.6) is 0 Å². The maximum absolute atomic E-state index is 13.0. The van der Waals surface area contributed by atoms with E-state index in [1.807, 2.05) is 18.2 Å². The van der Waals surface area contributed by atoms with Crippen LogP contribution in [0.3, 0.4) is 0 Å². The van der Waals surface area contributed by atoms with Gasteiger partial charge in [-0.05, 0) is 30.7 Å². The van der Waals surface area contributed by atoms with Crippen molar-refractivity contribution < 1.29 is 9.53 Å². The molecule has 0 bridgehead atoms. The molecule has 0 aromatic carbocycles. The molecule has 4 rings (SSSR count). The fourth-order valence-electron chi connectivity index (χ4n) is 3.27. The molecule has 3 aromatic heterocycles. The molecule has 3 aromatic rings. The van der Waals surface area contributed by atoms with Crippen molar-refractivity contribution in [3.8, 4) is 0 Å². The lowest BCUT2D eigenvalue weighted by atomic mass is 10.1. The van der Waals surface area contributed by atoms with Crippen molar-refractivity contribution in [2.75, 3.05) is 26.3 Å². The minimum Gasteiger partial charge on any atom is -0.378 e. The van der Waals surface area contributed by atoms with Crippen LogP contribution in [0.2, 0.25) is 0 Å². The molecule has 1 aliphatic heterocycles. The molecule has 1 amide bonds. The Labute approximate surface area is 156 Å². The first-order valence-electron chi connectivity index (χ1n) is 8.90. The van der Waals surface area contributed by atoms with Crippen molar-refractivity contribution in [1.29, 1.82) is 0 Å². The van der Waals surface area contributed by atoms with E-state index in [2.05, 4.69) is 9.97 Å². The molecule has 7 nitrogen and oxygen atoms in total. The van der Waals surface area contributed by atoms with Gasteiger partial charge in [0, 0.05) is 31.7 Å². The highest BCUT2D eigenvalue weighted by Gasteiger charge is 2.21. The largest absolute Gasteiger partial charge is 0.378 e. The van der Waals surface area contributed by atoms with Gasteiger partial charge in [-0.2, -0.15) is 0 Å². The number of rotatable bonds is 3. The zero-order valence-electron chi connectivity index (χ0n) is 15.1. The second-order valence-electron chi connectivity index (χ2n) is 6.57. The lowest BCUT2D eigenvalue weighted by molar-refractivity contribution is 0.0302. The maximum atomic E-state index is 13.0. The first kappa shape index (κ1) is 17.4. The predicted octanol–water partition coefficient (Wildman–Crippen LogP) is 1.62. The summed E-state index contributed by atoms with van der Waals surface area (Å²) in [6.45, 7) is 4.39. The smallest absolute Gasteiger partial charge is 0.260 e. The van der Waals surface area contributed by atoms with Crippen molar-refractivity contribution in [2.45, 2.75) is 13.5 Å². The zero-order chi connectivity index (χ0) is 18.8. The van der Waals surface area contributed by atoms with Gasteiger partial charge < -0.3 is 14.2 Å². The number of fused-ring (bicyclic) bond motifs is 1. The third kappa shape index (κ3) is 3.46. The minimum absolute atomic E-state index is 0.104. The van der Waals surface area contributed by atoms with E-state index >= 15 is 0 Å². The van der Waals surface area contributed by atoms with Gasteiger partial charge in [-0.15, -0.1) is 0 Å². The summed E-state index contributed by atoms with van der Waals surface area (Å²) < 4.78 is 6.92. The van der Waals surface area contributed by atoms with Crippen molar-refractivity contribution in [3.05, 3.63) is 70.0 Å². The Balaban J connectivity index is 1.74. The fraction of sp³-hybridized carbons (Fsp3) is 0.300. The van der Waals surface area contributed by atoms with E-state index in [1.165, 1.54) is 0 Å².